The number of benzene rings is 2. The Bertz CT molecular complexity index is 1440. The number of hydrogen-bond donors (Lipinski definition) is 1. The third-order valence-corrected chi connectivity index (χ3v) is 10.4. The molecule has 1 saturated heterocycles. The van der Waals surface area contributed by atoms with Crippen LogP contribution >= 0.6 is 11.3 Å². The molecule has 2 aliphatic heterocycles. The SMILES string of the molecule is CCCCCCCCCCCC(CN1C(=O)CCc2ccc(CCN3CCN(c4cc(F)cc5sccc45)CC3)cc21)OC(=O)O. The van der Waals surface area contributed by atoms with E-state index in [1.807, 2.05) is 5.38 Å². The highest BCUT2D eigenvalue weighted by Gasteiger charge is 2.28. The summed E-state index contributed by atoms with van der Waals surface area (Å²) in [6, 6.07) is 11.8. The van der Waals surface area contributed by atoms with Gasteiger partial charge in [0.15, 0.2) is 0 Å². The van der Waals surface area contributed by atoms with E-state index in [4.69, 9.17) is 4.74 Å². The van der Waals surface area contributed by atoms with Gasteiger partial charge in [-0.1, -0.05) is 70.4 Å². The van der Waals surface area contributed by atoms with Crippen LogP contribution in [-0.4, -0.2) is 67.4 Å². The fourth-order valence-electron chi connectivity index (χ4n) is 6.94. The number of hydrogen-bond acceptors (Lipinski definition) is 6. The number of halogens is 1. The summed E-state index contributed by atoms with van der Waals surface area (Å²) in [6.45, 7) is 6.91. The fourth-order valence-corrected chi connectivity index (χ4v) is 7.77. The molecular formula is C37H50FN3O4S. The minimum Gasteiger partial charge on any atom is -0.450 e. The average molecular weight is 652 g/mol. The fraction of sp³-hybridized carbons (Fsp3) is 0.568. The molecule has 3 heterocycles. The molecule has 250 valence electrons. The highest BCUT2D eigenvalue weighted by Crippen LogP contribution is 2.33. The van der Waals surface area contributed by atoms with Crippen LogP contribution in [-0.2, 0) is 22.4 Å². The molecule has 0 radical (unpaired) electrons. The van der Waals surface area contributed by atoms with Gasteiger partial charge in [0.05, 0.1) is 6.54 Å². The highest BCUT2D eigenvalue weighted by atomic mass is 32.1. The number of rotatable bonds is 17. The molecule has 1 aromatic heterocycles. The monoisotopic (exact) mass is 651 g/mol. The minimum atomic E-state index is -1.28. The first-order valence-corrected chi connectivity index (χ1v) is 18.2. The zero-order valence-corrected chi connectivity index (χ0v) is 28.2. The number of anilines is 2. The number of ether oxygens (including phenoxy) is 1. The van der Waals surface area contributed by atoms with Gasteiger partial charge in [0, 0.05) is 60.6 Å². The van der Waals surface area contributed by atoms with E-state index in [9.17, 15) is 19.1 Å². The van der Waals surface area contributed by atoms with Crippen LogP contribution in [0.15, 0.2) is 41.8 Å². The summed E-state index contributed by atoms with van der Waals surface area (Å²) < 4.78 is 20.6. The number of carbonyl (C=O) groups is 2. The lowest BCUT2D eigenvalue weighted by Crippen LogP contribution is -2.47. The average Bonchev–Trinajstić information content (AvgIpc) is 3.52. The first-order chi connectivity index (χ1) is 22.4. The summed E-state index contributed by atoms with van der Waals surface area (Å²) in [5.41, 5.74) is 4.18. The molecular weight excluding hydrogens is 601 g/mol. The Balaban J connectivity index is 1.13. The van der Waals surface area contributed by atoms with E-state index in [0.717, 1.165) is 85.4 Å². The molecule has 5 rings (SSSR count). The van der Waals surface area contributed by atoms with Gasteiger partial charge in [-0.05, 0) is 66.5 Å². The molecule has 7 nitrogen and oxygen atoms in total. The largest absolute Gasteiger partial charge is 0.506 e. The number of amides is 1. The molecule has 0 aliphatic carbocycles. The van der Waals surface area contributed by atoms with Crippen molar-refractivity contribution in [3.63, 3.8) is 0 Å². The van der Waals surface area contributed by atoms with Crippen LogP contribution in [0.25, 0.3) is 10.1 Å². The number of aryl methyl sites for hydroxylation is 1. The molecule has 1 N–H and O–H groups in total. The molecule has 9 heteroatoms. The lowest BCUT2D eigenvalue weighted by Gasteiger charge is -2.36. The van der Waals surface area contributed by atoms with E-state index in [1.165, 1.54) is 44.1 Å². The highest BCUT2D eigenvalue weighted by molar-refractivity contribution is 7.17. The number of piperazine rings is 1. The molecule has 1 fully saturated rings. The van der Waals surface area contributed by atoms with Crippen LogP contribution < -0.4 is 9.80 Å². The predicted octanol–water partition coefficient (Wildman–Crippen LogP) is 8.67. The van der Waals surface area contributed by atoms with Crippen LogP contribution in [0.5, 0.6) is 0 Å². The topological polar surface area (TPSA) is 73.3 Å². The van der Waals surface area contributed by atoms with Gasteiger partial charge in [0.2, 0.25) is 5.91 Å². The van der Waals surface area contributed by atoms with Gasteiger partial charge in [-0.2, -0.15) is 0 Å². The normalized spacial score (nSPS) is 16.2. The van der Waals surface area contributed by atoms with Crippen molar-refractivity contribution in [1.82, 2.24) is 4.90 Å². The quantitative estimate of drug-likeness (QED) is 0.116. The van der Waals surface area contributed by atoms with Crippen LogP contribution in [0.2, 0.25) is 0 Å². The number of carbonyl (C=O) groups excluding carboxylic acids is 1. The van der Waals surface area contributed by atoms with Gasteiger partial charge in [-0.15, -0.1) is 11.3 Å². The van der Waals surface area contributed by atoms with Gasteiger partial charge in [0.1, 0.15) is 11.9 Å². The van der Waals surface area contributed by atoms with E-state index in [2.05, 4.69) is 41.0 Å². The summed E-state index contributed by atoms with van der Waals surface area (Å²) >= 11 is 1.57. The second kappa shape index (κ2) is 17.1. The van der Waals surface area contributed by atoms with Gasteiger partial charge >= 0.3 is 6.16 Å². The van der Waals surface area contributed by atoms with E-state index in [1.54, 1.807) is 28.4 Å². The molecule has 0 bridgehead atoms. The van der Waals surface area contributed by atoms with Crippen molar-refractivity contribution < 1.29 is 23.8 Å². The summed E-state index contributed by atoms with van der Waals surface area (Å²) in [5.74, 6) is -0.152. The smallest absolute Gasteiger partial charge is 0.450 e. The van der Waals surface area contributed by atoms with Crippen molar-refractivity contribution in [2.75, 3.05) is 49.1 Å². The number of fused-ring (bicyclic) bond motifs is 2. The zero-order chi connectivity index (χ0) is 32.3. The van der Waals surface area contributed by atoms with Crippen molar-refractivity contribution in [3.8, 4) is 0 Å². The maximum Gasteiger partial charge on any atom is 0.506 e. The van der Waals surface area contributed by atoms with Crippen molar-refractivity contribution >= 4 is 44.9 Å². The summed E-state index contributed by atoms with van der Waals surface area (Å²) in [4.78, 5) is 31.2. The van der Waals surface area contributed by atoms with Crippen molar-refractivity contribution in [2.24, 2.45) is 0 Å². The Morgan fingerprint density at radius 3 is 2.41 bits per heavy atom. The molecule has 3 aromatic rings. The van der Waals surface area contributed by atoms with Gasteiger partial charge < -0.3 is 19.6 Å². The standard InChI is InChI=1S/C37H50FN3O4S/c1-2-3-4-5-6-7-8-9-10-11-31(45-37(43)44)27-41-33-24-28(12-13-29(33)14-15-36(41)42)16-18-39-19-21-40(22-20-39)34-25-30(38)26-35-32(34)17-23-46-35/h12-13,17,23-26,31H,2-11,14-16,18-22,27H2,1H3,(H,43,44). The van der Waals surface area contributed by atoms with E-state index in [0.29, 0.717) is 19.3 Å². The third kappa shape index (κ3) is 9.44. The van der Waals surface area contributed by atoms with Crippen molar-refractivity contribution in [3.05, 3.63) is 58.7 Å². The minimum absolute atomic E-state index is 0.0314. The second-order valence-electron chi connectivity index (χ2n) is 12.9. The van der Waals surface area contributed by atoms with Gasteiger partial charge in [0.25, 0.3) is 0 Å². The number of carboxylic acid groups (broad SMARTS) is 1. The predicted molar refractivity (Wildman–Crippen MR) is 186 cm³/mol. The van der Waals surface area contributed by atoms with Crippen molar-refractivity contribution in [1.29, 1.82) is 0 Å². The maximum absolute atomic E-state index is 14.3. The molecule has 1 amide bonds. The molecule has 1 atom stereocenters. The molecule has 46 heavy (non-hydrogen) atoms. The Kier molecular flexibility index (Phi) is 12.7. The Labute approximate surface area is 277 Å². The number of thiophene rings is 1. The van der Waals surface area contributed by atoms with Crippen LogP contribution in [0, 0.1) is 5.82 Å². The van der Waals surface area contributed by atoms with Crippen LogP contribution in [0.1, 0.15) is 88.7 Å². The van der Waals surface area contributed by atoms with Gasteiger partial charge in [-0.25, -0.2) is 9.18 Å². The summed E-state index contributed by atoms with van der Waals surface area (Å²) in [7, 11) is 0. The lowest BCUT2D eigenvalue weighted by molar-refractivity contribution is -0.119. The first-order valence-electron chi connectivity index (χ1n) is 17.4. The van der Waals surface area contributed by atoms with E-state index in [-0.39, 0.29) is 18.3 Å². The summed E-state index contributed by atoms with van der Waals surface area (Å²) in [5, 5.41) is 12.6. The van der Waals surface area contributed by atoms with Crippen molar-refractivity contribution in [2.45, 2.75) is 96.5 Å². The second-order valence-corrected chi connectivity index (χ2v) is 13.9. The molecule has 0 spiro atoms. The first kappa shape index (κ1) is 34.2. The number of unbranched alkanes of at least 4 members (excludes halogenated alkanes) is 8. The van der Waals surface area contributed by atoms with Crippen LogP contribution in [0.3, 0.4) is 0 Å². The van der Waals surface area contributed by atoms with E-state index < -0.39 is 12.3 Å². The third-order valence-electron chi connectivity index (χ3n) is 9.58. The maximum atomic E-state index is 14.3. The molecule has 1 unspecified atom stereocenters. The molecule has 0 saturated carbocycles. The Morgan fingerprint density at radius 1 is 0.935 bits per heavy atom. The molecule has 2 aliphatic rings. The van der Waals surface area contributed by atoms with Crippen LogP contribution in [0.4, 0.5) is 20.6 Å². The number of nitrogens with zero attached hydrogens (tertiary/aromatic N) is 3. The zero-order valence-electron chi connectivity index (χ0n) is 27.4. The van der Waals surface area contributed by atoms with Gasteiger partial charge in [-0.3, -0.25) is 9.69 Å². The molecule has 2 aromatic carbocycles. The summed E-state index contributed by atoms with van der Waals surface area (Å²) in [6.07, 6.45) is 11.6. The van der Waals surface area contributed by atoms with E-state index >= 15 is 0 Å². The lowest BCUT2D eigenvalue weighted by atomic mass is 9.97. The Morgan fingerprint density at radius 2 is 1.67 bits per heavy atom. The Hall–Kier alpha value is -3.17.